The van der Waals surface area contributed by atoms with Crippen LogP contribution in [0.15, 0.2) is 23.3 Å². The van der Waals surface area contributed by atoms with Crippen LogP contribution in [0.3, 0.4) is 0 Å². The molecule has 0 radical (unpaired) electrons. The van der Waals surface area contributed by atoms with E-state index in [4.69, 9.17) is 4.74 Å². The molecule has 1 aliphatic heterocycles. The number of hydrogen-bond acceptors (Lipinski definition) is 4. The van der Waals surface area contributed by atoms with Gasteiger partial charge in [0.2, 0.25) is 11.8 Å². The maximum Gasteiger partial charge on any atom is 0.225 e. The Morgan fingerprint density at radius 3 is 2.66 bits per heavy atom. The molecule has 178 valence electrons. The maximum absolute atomic E-state index is 12.8. The van der Waals surface area contributed by atoms with Crippen molar-refractivity contribution >= 4 is 35.8 Å². The van der Waals surface area contributed by atoms with Crippen molar-refractivity contribution in [2.75, 3.05) is 20.1 Å². The molecule has 8 heteroatoms. The van der Waals surface area contributed by atoms with Gasteiger partial charge >= 0.3 is 0 Å². The van der Waals surface area contributed by atoms with Gasteiger partial charge in [-0.2, -0.15) is 0 Å². The lowest BCUT2D eigenvalue weighted by atomic mass is 9.88. The summed E-state index contributed by atoms with van der Waals surface area (Å²) in [5.74, 6) is 2.08. The first-order valence-corrected chi connectivity index (χ1v) is 12.1. The zero-order chi connectivity index (χ0) is 21.5. The second-order valence-electron chi connectivity index (χ2n) is 9.17. The smallest absolute Gasteiger partial charge is 0.225 e. The van der Waals surface area contributed by atoms with E-state index in [0.717, 1.165) is 62.6 Å². The molecule has 4 rings (SSSR count). The standard InChI is InChI=1S/C24H37N5O2.HI/c1-25-24(27-16-19-10-7-14-26-22(19)31-21-11-5-6-12-21)28-20-13-15-29(17-20)23(30)18-8-3-2-4-9-18;/h7,10,14,18,20-21H,2-6,8-9,11-13,15-17H2,1H3,(H2,25,27,28);1H. The molecule has 2 saturated carbocycles. The van der Waals surface area contributed by atoms with Crippen molar-refractivity contribution in [1.82, 2.24) is 20.5 Å². The SMILES string of the molecule is CN=C(NCc1cccnc1OC1CCCC1)NC1CCN(C(=O)C2CCCCC2)C1.I. The first-order chi connectivity index (χ1) is 15.2. The van der Waals surface area contributed by atoms with Crippen molar-refractivity contribution in [1.29, 1.82) is 0 Å². The summed E-state index contributed by atoms with van der Waals surface area (Å²) in [6, 6.07) is 4.24. The second kappa shape index (κ2) is 12.6. The molecule has 0 aromatic carbocycles. The molecule has 1 saturated heterocycles. The van der Waals surface area contributed by atoms with Crippen molar-refractivity contribution in [2.24, 2.45) is 10.9 Å². The highest BCUT2D eigenvalue weighted by molar-refractivity contribution is 14.0. The Labute approximate surface area is 209 Å². The monoisotopic (exact) mass is 555 g/mol. The van der Waals surface area contributed by atoms with Gasteiger partial charge in [0.15, 0.2) is 5.96 Å². The third kappa shape index (κ3) is 6.71. The van der Waals surface area contributed by atoms with E-state index >= 15 is 0 Å². The van der Waals surface area contributed by atoms with Crippen LogP contribution in [0.5, 0.6) is 5.88 Å². The Balaban J connectivity index is 0.00000289. The summed E-state index contributed by atoms with van der Waals surface area (Å²) >= 11 is 0. The number of ether oxygens (including phenoxy) is 1. The van der Waals surface area contributed by atoms with Crippen LogP contribution < -0.4 is 15.4 Å². The van der Waals surface area contributed by atoms with Crippen LogP contribution in [-0.4, -0.2) is 54.0 Å². The van der Waals surface area contributed by atoms with Gasteiger partial charge in [-0.3, -0.25) is 9.79 Å². The van der Waals surface area contributed by atoms with Crippen molar-refractivity contribution in [2.45, 2.75) is 82.9 Å². The highest BCUT2D eigenvalue weighted by Crippen LogP contribution is 2.27. The van der Waals surface area contributed by atoms with Crippen molar-refractivity contribution in [3.05, 3.63) is 23.9 Å². The van der Waals surface area contributed by atoms with E-state index < -0.39 is 0 Å². The normalized spacial score (nSPS) is 22.5. The summed E-state index contributed by atoms with van der Waals surface area (Å²) in [4.78, 5) is 23.7. The van der Waals surface area contributed by atoms with Crippen LogP contribution in [0.2, 0.25) is 0 Å². The number of hydrogen-bond donors (Lipinski definition) is 2. The number of nitrogens with zero attached hydrogens (tertiary/aromatic N) is 3. The van der Waals surface area contributed by atoms with E-state index in [2.05, 4.69) is 31.6 Å². The maximum atomic E-state index is 12.8. The minimum absolute atomic E-state index is 0. The predicted octanol–water partition coefficient (Wildman–Crippen LogP) is 3.87. The molecule has 0 spiro atoms. The number of likely N-dealkylation sites (tertiary alicyclic amines) is 1. The lowest BCUT2D eigenvalue weighted by Crippen LogP contribution is -2.45. The molecule has 2 aliphatic carbocycles. The van der Waals surface area contributed by atoms with E-state index in [1.54, 1.807) is 13.2 Å². The molecule has 1 amide bonds. The van der Waals surface area contributed by atoms with Crippen LogP contribution in [-0.2, 0) is 11.3 Å². The zero-order valence-corrected chi connectivity index (χ0v) is 21.6. The molecule has 3 aliphatic rings. The summed E-state index contributed by atoms with van der Waals surface area (Å²) in [5.41, 5.74) is 1.04. The number of pyridine rings is 1. The highest BCUT2D eigenvalue weighted by atomic mass is 127. The molecule has 1 atom stereocenters. The Hall–Kier alpha value is -1.58. The first-order valence-electron chi connectivity index (χ1n) is 12.1. The molecule has 2 N–H and O–H groups in total. The number of guanidine groups is 1. The molecule has 1 unspecified atom stereocenters. The van der Waals surface area contributed by atoms with Gasteiger partial charge in [0.1, 0.15) is 6.10 Å². The first kappa shape index (κ1) is 25.1. The number of carbonyl (C=O) groups excluding carboxylic acids is 1. The summed E-state index contributed by atoms with van der Waals surface area (Å²) in [7, 11) is 1.79. The molecule has 0 bridgehead atoms. The summed E-state index contributed by atoms with van der Waals surface area (Å²) in [6.07, 6.45) is 13.5. The van der Waals surface area contributed by atoms with Crippen LogP contribution in [0.25, 0.3) is 0 Å². The lowest BCUT2D eigenvalue weighted by molar-refractivity contribution is -0.135. The fourth-order valence-electron chi connectivity index (χ4n) is 5.08. The van der Waals surface area contributed by atoms with Crippen LogP contribution in [0.4, 0.5) is 0 Å². The highest BCUT2D eigenvalue weighted by Gasteiger charge is 2.31. The van der Waals surface area contributed by atoms with Gasteiger partial charge in [0.05, 0.1) is 0 Å². The van der Waals surface area contributed by atoms with Crippen molar-refractivity contribution in [3.63, 3.8) is 0 Å². The summed E-state index contributed by atoms with van der Waals surface area (Å²) in [6.45, 7) is 2.21. The van der Waals surface area contributed by atoms with E-state index in [0.29, 0.717) is 12.5 Å². The van der Waals surface area contributed by atoms with Crippen LogP contribution >= 0.6 is 24.0 Å². The molecule has 1 aromatic rings. The summed E-state index contributed by atoms with van der Waals surface area (Å²) < 4.78 is 6.15. The van der Waals surface area contributed by atoms with Gasteiger partial charge in [0.25, 0.3) is 0 Å². The number of aromatic nitrogens is 1. The fraction of sp³-hybridized carbons (Fsp3) is 0.708. The molecule has 3 fully saturated rings. The van der Waals surface area contributed by atoms with Gasteiger partial charge in [-0.1, -0.05) is 25.3 Å². The number of halogens is 1. The molecular weight excluding hydrogens is 517 g/mol. The largest absolute Gasteiger partial charge is 0.474 e. The van der Waals surface area contributed by atoms with Crippen molar-refractivity contribution in [3.8, 4) is 5.88 Å². The van der Waals surface area contributed by atoms with Gasteiger partial charge in [-0.15, -0.1) is 24.0 Å². The number of amides is 1. The summed E-state index contributed by atoms with van der Waals surface area (Å²) in [5, 5.41) is 6.90. The Kier molecular flexibility index (Phi) is 9.87. The quantitative estimate of drug-likeness (QED) is 0.317. The van der Waals surface area contributed by atoms with Crippen LogP contribution in [0, 0.1) is 5.92 Å². The predicted molar refractivity (Wildman–Crippen MR) is 137 cm³/mol. The average molecular weight is 556 g/mol. The van der Waals surface area contributed by atoms with Gasteiger partial charge in [-0.25, -0.2) is 4.98 Å². The Morgan fingerprint density at radius 2 is 1.91 bits per heavy atom. The minimum atomic E-state index is 0. The zero-order valence-electron chi connectivity index (χ0n) is 19.2. The molecule has 7 nitrogen and oxygen atoms in total. The number of aliphatic imine (C=N–C) groups is 1. The van der Waals surface area contributed by atoms with Crippen molar-refractivity contribution < 1.29 is 9.53 Å². The van der Waals surface area contributed by atoms with E-state index in [9.17, 15) is 4.79 Å². The van der Waals surface area contributed by atoms with E-state index in [-0.39, 0.29) is 42.0 Å². The average Bonchev–Trinajstić information content (AvgIpc) is 3.50. The fourth-order valence-corrected chi connectivity index (χ4v) is 5.08. The Bertz CT molecular complexity index is 763. The van der Waals surface area contributed by atoms with Gasteiger partial charge in [0, 0.05) is 50.4 Å². The van der Waals surface area contributed by atoms with Gasteiger partial charge in [-0.05, 0) is 51.0 Å². The topological polar surface area (TPSA) is 78.9 Å². The third-order valence-corrected chi connectivity index (χ3v) is 6.90. The second-order valence-corrected chi connectivity index (χ2v) is 9.17. The third-order valence-electron chi connectivity index (χ3n) is 6.90. The van der Waals surface area contributed by atoms with E-state index in [1.165, 1.54) is 32.1 Å². The molecule has 1 aromatic heterocycles. The minimum Gasteiger partial charge on any atom is -0.474 e. The van der Waals surface area contributed by atoms with Gasteiger partial charge < -0.3 is 20.3 Å². The number of carbonyl (C=O) groups is 1. The molecule has 32 heavy (non-hydrogen) atoms. The molecular formula is C24H38IN5O2. The number of nitrogens with one attached hydrogen (secondary N) is 2. The van der Waals surface area contributed by atoms with Crippen LogP contribution in [0.1, 0.15) is 69.8 Å². The Morgan fingerprint density at radius 1 is 1.16 bits per heavy atom. The van der Waals surface area contributed by atoms with E-state index in [1.807, 2.05) is 6.07 Å². The number of rotatable bonds is 6. The lowest BCUT2D eigenvalue weighted by Gasteiger charge is -2.26. The molecule has 2 heterocycles.